The standard InChI is InChI=1S/O2S2/c1-4-2-3-4. The van der Waals surface area contributed by atoms with Crippen LogP contribution in [0.1, 0.15) is 0 Å². The van der Waals surface area contributed by atoms with E-state index >= 15 is 0 Å². The van der Waals surface area contributed by atoms with Gasteiger partial charge in [-0.1, -0.05) is 0 Å². The highest BCUT2D eigenvalue weighted by Crippen LogP contribution is 2.29. The van der Waals surface area contributed by atoms with Crippen LogP contribution in [0.5, 0.6) is 0 Å². The van der Waals surface area contributed by atoms with Gasteiger partial charge < -0.3 is 0 Å². The molecule has 1 fully saturated rings. The summed E-state index contributed by atoms with van der Waals surface area (Å²) >= 11 is 0.995. The molecule has 0 aromatic rings. The average molecular weight is 96.1 g/mol. The molecule has 0 N–H and O–H groups in total. The Morgan fingerprint density at radius 2 is 2.25 bits per heavy atom. The van der Waals surface area contributed by atoms with Crippen molar-refractivity contribution < 1.29 is 7.84 Å². The molecule has 0 bridgehead atoms. The molecule has 2 nitrogen and oxygen atoms in total. The van der Waals surface area contributed by atoms with Crippen LogP contribution in [0, 0.1) is 0 Å². The topological polar surface area (TPSA) is 29.6 Å². The Morgan fingerprint density at radius 3 is 2.25 bits per heavy atom. The summed E-state index contributed by atoms with van der Waals surface area (Å²) < 4.78 is 13.5. The molecule has 1 aliphatic rings. The second kappa shape index (κ2) is 0.702. The minimum Gasteiger partial charge on any atom is -0.214 e. The average Bonchev–Trinajstić information content (AvgIpc) is 1.75. The third kappa shape index (κ3) is 0.438. The van der Waals surface area contributed by atoms with Crippen LogP contribution in [0.2, 0.25) is 0 Å². The first-order valence-corrected chi connectivity index (χ1v) is 3.00. The lowest BCUT2D eigenvalue weighted by Gasteiger charge is -1.22. The molecular formula is O2S2. The quantitative estimate of drug-likeness (QED) is 0.246. The van der Waals surface area contributed by atoms with E-state index in [9.17, 15) is 4.21 Å². The van der Waals surface area contributed by atoms with Crippen molar-refractivity contribution in [2.24, 2.45) is 0 Å². The molecule has 0 spiro atoms. The van der Waals surface area contributed by atoms with Gasteiger partial charge in [-0.05, 0) is 0 Å². The van der Waals surface area contributed by atoms with Crippen LogP contribution in [-0.2, 0) is 13.7 Å². The van der Waals surface area contributed by atoms with E-state index in [1.54, 1.807) is 0 Å². The van der Waals surface area contributed by atoms with E-state index in [0.717, 1.165) is 11.1 Å². The maximum Gasteiger partial charge on any atom is 0.261 e. The predicted octanol–water partition coefficient (Wildman–Crippen LogP) is 0.243. The van der Waals surface area contributed by atoms with Gasteiger partial charge in [-0.25, -0.2) is 4.21 Å². The van der Waals surface area contributed by atoms with Gasteiger partial charge in [0, 0.05) is 0 Å². The van der Waals surface area contributed by atoms with Crippen LogP contribution in [0.3, 0.4) is 0 Å². The third-order valence-corrected chi connectivity index (χ3v) is 1.11. The van der Waals surface area contributed by atoms with Gasteiger partial charge in [0.1, 0.15) is 11.1 Å². The molecule has 1 unspecified atom stereocenters. The number of rotatable bonds is 0. The van der Waals surface area contributed by atoms with Crippen molar-refractivity contribution in [3.63, 3.8) is 0 Å². The predicted molar refractivity (Wildman–Crippen MR) is 16.8 cm³/mol. The van der Waals surface area contributed by atoms with Crippen molar-refractivity contribution in [3.8, 4) is 0 Å². The fraction of sp³-hybridized carbons (Fsp3) is 0. The molecule has 0 saturated carbocycles. The smallest absolute Gasteiger partial charge is 0.214 e. The van der Waals surface area contributed by atoms with Crippen LogP contribution in [0.25, 0.3) is 0 Å². The van der Waals surface area contributed by atoms with Gasteiger partial charge >= 0.3 is 0 Å². The summed E-state index contributed by atoms with van der Waals surface area (Å²) in [6.07, 6.45) is 0. The molecular weight excluding hydrogens is 96.1 g/mol. The summed E-state index contributed by atoms with van der Waals surface area (Å²) in [7, 11) is -0.944. The van der Waals surface area contributed by atoms with Crippen molar-refractivity contribution in [2.45, 2.75) is 0 Å². The minimum absolute atomic E-state index is 0.944. The summed E-state index contributed by atoms with van der Waals surface area (Å²) in [5.41, 5.74) is 0. The zero-order valence-corrected chi connectivity index (χ0v) is 3.27. The van der Waals surface area contributed by atoms with Crippen LogP contribution in [-0.4, -0.2) is 4.21 Å². The Balaban J connectivity index is 2.60. The summed E-state index contributed by atoms with van der Waals surface area (Å²) in [5, 5.41) is 0. The van der Waals surface area contributed by atoms with Crippen LogP contribution in [0.15, 0.2) is 0 Å². The van der Waals surface area contributed by atoms with E-state index < -0.39 is 10.1 Å². The van der Waals surface area contributed by atoms with E-state index in [-0.39, 0.29) is 0 Å². The number of hydrogen-bond acceptors (Lipinski definition) is 3. The minimum atomic E-state index is -0.944. The molecule has 4 heavy (non-hydrogen) atoms. The largest absolute Gasteiger partial charge is 0.261 e. The first kappa shape index (κ1) is 2.68. The fourth-order valence-corrected chi connectivity index (χ4v) is 0.306. The van der Waals surface area contributed by atoms with Crippen molar-refractivity contribution in [1.29, 1.82) is 0 Å². The molecule has 0 amide bonds. The molecule has 1 heterocycles. The second-order valence-electron chi connectivity index (χ2n) is 0.340. The Kier molecular flexibility index (Phi) is 0.471. The fourth-order valence-electron chi connectivity index (χ4n) is 0.0113. The summed E-state index contributed by atoms with van der Waals surface area (Å²) in [4.78, 5) is 0. The van der Waals surface area contributed by atoms with Gasteiger partial charge in [0.25, 0.3) is 10.1 Å². The van der Waals surface area contributed by atoms with Crippen LogP contribution < -0.4 is 0 Å². The molecule has 4 heteroatoms. The van der Waals surface area contributed by atoms with Crippen LogP contribution >= 0.6 is 11.1 Å². The molecule has 24 valence electrons. The Morgan fingerprint density at radius 1 is 2.00 bits per heavy atom. The summed E-state index contributed by atoms with van der Waals surface area (Å²) in [6.45, 7) is 0. The van der Waals surface area contributed by atoms with Gasteiger partial charge in [-0.3, -0.25) is 0 Å². The van der Waals surface area contributed by atoms with Crippen LogP contribution in [0.4, 0.5) is 0 Å². The Bertz CT molecular complexity index is 42.0. The maximum absolute atomic E-state index is 9.41. The first-order valence-electron chi connectivity index (χ1n) is 0.667. The van der Waals surface area contributed by atoms with Gasteiger partial charge in [-0.2, -0.15) is 3.63 Å². The molecule has 0 aliphatic carbocycles. The normalized spacial score (nSPS) is 39.5. The van der Waals surface area contributed by atoms with Crippen molar-refractivity contribution >= 4 is 21.2 Å². The molecule has 0 aromatic carbocycles. The van der Waals surface area contributed by atoms with E-state index in [1.807, 2.05) is 0 Å². The van der Waals surface area contributed by atoms with E-state index in [0.29, 0.717) is 0 Å². The zero-order valence-electron chi connectivity index (χ0n) is 1.63. The van der Waals surface area contributed by atoms with Gasteiger partial charge in [0.15, 0.2) is 0 Å². The lowest BCUT2D eigenvalue weighted by atomic mass is 15.9. The molecule has 1 atom stereocenters. The molecule has 1 aliphatic heterocycles. The highest BCUT2D eigenvalue weighted by molar-refractivity contribution is 8.77. The van der Waals surface area contributed by atoms with E-state index in [2.05, 4.69) is 3.63 Å². The Hall–Kier alpha value is 0.460. The van der Waals surface area contributed by atoms with Gasteiger partial charge in [0.05, 0.1) is 0 Å². The first-order chi connectivity index (χ1) is 1.89. The lowest BCUT2D eigenvalue weighted by molar-refractivity contribution is 0.654. The SMILES string of the molecule is O=S1OS1. The maximum atomic E-state index is 9.41. The van der Waals surface area contributed by atoms with Gasteiger partial charge in [0.2, 0.25) is 0 Å². The molecule has 0 aromatic heterocycles. The third-order valence-electron chi connectivity index (χ3n) is 0.124. The van der Waals surface area contributed by atoms with E-state index in [1.165, 1.54) is 0 Å². The monoisotopic (exact) mass is 95.9 g/mol. The van der Waals surface area contributed by atoms with Crippen molar-refractivity contribution in [1.82, 2.24) is 0 Å². The number of hydrogen-bond donors (Lipinski definition) is 0. The highest BCUT2D eigenvalue weighted by Gasteiger charge is 2.17. The van der Waals surface area contributed by atoms with Crippen molar-refractivity contribution in [3.05, 3.63) is 0 Å². The second-order valence-corrected chi connectivity index (χ2v) is 2.65. The molecule has 1 saturated heterocycles. The summed E-state index contributed by atoms with van der Waals surface area (Å²) in [5.74, 6) is 0. The van der Waals surface area contributed by atoms with E-state index in [4.69, 9.17) is 0 Å². The summed E-state index contributed by atoms with van der Waals surface area (Å²) in [6, 6.07) is 0. The van der Waals surface area contributed by atoms with Gasteiger partial charge in [-0.15, -0.1) is 0 Å². The zero-order chi connectivity index (χ0) is 2.99. The highest BCUT2D eigenvalue weighted by atomic mass is 33.2. The molecule has 0 radical (unpaired) electrons. The Labute approximate surface area is 29.8 Å². The van der Waals surface area contributed by atoms with Crippen molar-refractivity contribution in [2.75, 3.05) is 0 Å². The molecule has 1 rings (SSSR count). The lowest BCUT2D eigenvalue weighted by Crippen LogP contribution is -1.33.